The molecule has 0 aromatic carbocycles. The Bertz CT molecular complexity index is 104. The molecule has 0 spiro atoms. The molecule has 0 saturated carbocycles. The van der Waals surface area contributed by atoms with E-state index in [0.717, 1.165) is 6.42 Å². The van der Waals surface area contributed by atoms with Crippen LogP contribution in [0.5, 0.6) is 0 Å². The molecular formula is C6H10Cl2O2. The molecule has 0 aromatic rings. The molecule has 0 amide bonds. The van der Waals surface area contributed by atoms with E-state index in [1.54, 1.807) is 0 Å². The van der Waals surface area contributed by atoms with Crippen molar-refractivity contribution in [2.75, 3.05) is 6.61 Å². The molecule has 4 heteroatoms. The van der Waals surface area contributed by atoms with Crippen LogP contribution in [0.15, 0.2) is 0 Å². The Morgan fingerprint density at radius 2 is 2.20 bits per heavy atom. The summed E-state index contributed by atoms with van der Waals surface area (Å²) in [6.45, 7) is 1.99. The van der Waals surface area contributed by atoms with E-state index in [1.807, 2.05) is 6.92 Å². The third kappa shape index (κ3) is 6.17. The molecule has 0 N–H and O–H groups in total. The van der Waals surface area contributed by atoms with Gasteiger partial charge < -0.3 is 4.74 Å². The largest absolute Gasteiger partial charge is 0.463 e. The van der Waals surface area contributed by atoms with Crippen LogP contribution in [0.1, 0.15) is 19.8 Å². The van der Waals surface area contributed by atoms with Gasteiger partial charge in [0.1, 0.15) is 11.4 Å². The summed E-state index contributed by atoms with van der Waals surface area (Å²) in [5.74, 6) is -0.242. The minimum atomic E-state index is -0.610. The van der Waals surface area contributed by atoms with Crippen LogP contribution in [0, 0.1) is 0 Å². The van der Waals surface area contributed by atoms with Crippen molar-refractivity contribution in [3.05, 3.63) is 0 Å². The van der Waals surface area contributed by atoms with Gasteiger partial charge in [-0.1, -0.05) is 6.92 Å². The van der Waals surface area contributed by atoms with Gasteiger partial charge in [0.15, 0.2) is 0 Å². The molecule has 0 atom stereocenters. The lowest BCUT2D eigenvalue weighted by Gasteiger charge is -2.02. The van der Waals surface area contributed by atoms with Crippen molar-refractivity contribution in [1.82, 2.24) is 0 Å². The lowest BCUT2D eigenvalue weighted by Crippen LogP contribution is -2.09. The predicted octanol–water partition coefficient (Wildman–Crippen LogP) is 2.13. The van der Waals surface area contributed by atoms with E-state index in [1.165, 1.54) is 0 Å². The first-order valence-corrected chi connectivity index (χ1v) is 3.98. The molecule has 0 aliphatic heterocycles. The van der Waals surface area contributed by atoms with Crippen LogP contribution >= 0.6 is 23.2 Å². The first-order valence-electron chi connectivity index (χ1n) is 3.10. The van der Waals surface area contributed by atoms with Crippen LogP contribution in [0.3, 0.4) is 0 Å². The lowest BCUT2D eigenvalue weighted by molar-refractivity contribution is -0.143. The van der Waals surface area contributed by atoms with E-state index in [-0.39, 0.29) is 12.6 Å². The van der Waals surface area contributed by atoms with Gasteiger partial charge in [-0.2, -0.15) is 0 Å². The van der Waals surface area contributed by atoms with Crippen molar-refractivity contribution in [3.63, 3.8) is 0 Å². The molecule has 10 heavy (non-hydrogen) atoms. The van der Waals surface area contributed by atoms with E-state index in [4.69, 9.17) is 23.2 Å². The van der Waals surface area contributed by atoms with E-state index in [0.29, 0.717) is 6.42 Å². The fourth-order valence-electron chi connectivity index (χ4n) is 0.432. The van der Waals surface area contributed by atoms with Crippen LogP contribution in [-0.4, -0.2) is 17.4 Å². The SMILES string of the molecule is CCCC(=O)OCC(Cl)Cl. The summed E-state index contributed by atoms with van der Waals surface area (Å²) in [6, 6.07) is 0. The van der Waals surface area contributed by atoms with Gasteiger partial charge in [-0.3, -0.25) is 4.79 Å². The van der Waals surface area contributed by atoms with Crippen LogP contribution in [0.2, 0.25) is 0 Å². The number of carbonyl (C=O) groups excluding carboxylic acids is 1. The highest BCUT2D eigenvalue weighted by Gasteiger charge is 2.03. The zero-order chi connectivity index (χ0) is 7.98. The van der Waals surface area contributed by atoms with Gasteiger partial charge >= 0.3 is 5.97 Å². The van der Waals surface area contributed by atoms with Crippen LogP contribution in [-0.2, 0) is 9.53 Å². The molecule has 2 nitrogen and oxygen atoms in total. The molecule has 0 saturated heterocycles. The van der Waals surface area contributed by atoms with E-state index >= 15 is 0 Å². The Morgan fingerprint density at radius 1 is 1.60 bits per heavy atom. The molecule has 60 valence electrons. The molecule has 0 bridgehead atoms. The van der Waals surface area contributed by atoms with Crippen molar-refractivity contribution < 1.29 is 9.53 Å². The van der Waals surface area contributed by atoms with Gasteiger partial charge in [-0.05, 0) is 6.42 Å². The maximum atomic E-state index is 10.6. The molecule has 0 aliphatic rings. The summed E-state index contributed by atoms with van der Waals surface area (Å²) in [4.78, 5) is 10.00. The predicted molar refractivity (Wildman–Crippen MR) is 41.4 cm³/mol. The first kappa shape index (κ1) is 10.0. The van der Waals surface area contributed by atoms with Crippen molar-refractivity contribution >= 4 is 29.2 Å². The zero-order valence-corrected chi connectivity index (χ0v) is 7.28. The third-order valence-corrected chi connectivity index (χ3v) is 1.08. The van der Waals surface area contributed by atoms with Crippen molar-refractivity contribution in [2.24, 2.45) is 0 Å². The summed E-state index contributed by atoms with van der Waals surface area (Å²) in [6.07, 6.45) is 1.22. The van der Waals surface area contributed by atoms with E-state index in [9.17, 15) is 4.79 Å². The smallest absolute Gasteiger partial charge is 0.305 e. The van der Waals surface area contributed by atoms with E-state index in [2.05, 4.69) is 4.74 Å². The Morgan fingerprint density at radius 3 is 2.60 bits per heavy atom. The lowest BCUT2D eigenvalue weighted by atomic mass is 10.3. The molecule has 0 aromatic heterocycles. The maximum Gasteiger partial charge on any atom is 0.305 e. The normalized spacial score (nSPS) is 10.0. The average molecular weight is 185 g/mol. The number of esters is 1. The van der Waals surface area contributed by atoms with Gasteiger partial charge in [0, 0.05) is 6.42 Å². The summed E-state index contributed by atoms with van der Waals surface area (Å²) in [7, 11) is 0. The molecular weight excluding hydrogens is 175 g/mol. The van der Waals surface area contributed by atoms with Gasteiger partial charge in [-0.25, -0.2) is 0 Å². The zero-order valence-electron chi connectivity index (χ0n) is 5.77. The molecule has 0 rings (SSSR count). The minimum Gasteiger partial charge on any atom is -0.463 e. The number of ether oxygens (including phenoxy) is 1. The number of carbonyl (C=O) groups is 1. The highest BCUT2D eigenvalue weighted by molar-refractivity contribution is 6.44. The Hall–Kier alpha value is 0.0500. The summed E-state index contributed by atoms with van der Waals surface area (Å²) < 4.78 is 4.64. The quantitative estimate of drug-likeness (QED) is 0.495. The van der Waals surface area contributed by atoms with Gasteiger partial charge in [0.25, 0.3) is 0 Å². The Labute approximate surface area is 70.4 Å². The summed E-state index contributed by atoms with van der Waals surface area (Å²) in [5, 5.41) is 0. The van der Waals surface area contributed by atoms with Crippen LogP contribution in [0.4, 0.5) is 0 Å². The summed E-state index contributed by atoms with van der Waals surface area (Å²) in [5.41, 5.74) is 0. The highest BCUT2D eigenvalue weighted by Crippen LogP contribution is 2.02. The number of hydrogen-bond acceptors (Lipinski definition) is 2. The number of alkyl halides is 2. The fraction of sp³-hybridized carbons (Fsp3) is 0.833. The Balaban J connectivity index is 3.22. The number of rotatable bonds is 4. The second kappa shape index (κ2) is 5.81. The third-order valence-electron chi connectivity index (χ3n) is 0.824. The second-order valence-corrected chi connectivity index (χ2v) is 3.10. The van der Waals surface area contributed by atoms with Crippen molar-refractivity contribution in [1.29, 1.82) is 0 Å². The summed E-state index contributed by atoms with van der Waals surface area (Å²) >= 11 is 10.6. The van der Waals surface area contributed by atoms with Crippen LogP contribution in [0.25, 0.3) is 0 Å². The van der Waals surface area contributed by atoms with Gasteiger partial charge in [-0.15, -0.1) is 23.2 Å². The number of halogens is 2. The Kier molecular flexibility index (Phi) is 5.84. The minimum absolute atomic E-state index is 0.0853. The maximum absolute atomic E-state index is 10.6. The van der Waals surface area contributed by atoms with E-state index < -0.39 is 4.84 Å². The topological polar surface area (TPSA) is 26.3 Å². The highest BCUT2D eigenvalue weighted by atomic mass is 35.5. The molecule has 0 radical (unpaired) electrons. The fourth-order valence-corrected chi connectivity index (χ4v) is 0.558. The van der Waals surface area contributed by atoms with Crippen LogP contribution < -0.4 is 0 Å². The number of hydrogen-bond donors (Lipinski definition) is 0. The van der Waals surface area contributed by atoms with Gasteiger partial charge in [0.05, 0.1) is 0 Å². The standard InChI is InChI=1S/C6H10Cl2O2/c1-2-3-6(9)10-4-5(7)8/h5H,2-4H2,1H3. The molecule has 0 aliphatic carbocycles. The monoisotopic (exact) mass is 184 g/mol. The van der Waals surface area contributed by atoms with Gasteiger partial charge in [0.2, 0.25) is 0 Å². The van der Waals surface area contributed by atoms with Crippen molar-refractivity contribution in [2.45, 2.75) is 24.6 Å². The average Bonchev–Trinajstić information content (AvgIpc) is 1.85. The first-order chi connectivity index (χ1) is 4.66. The second-order valence-electron chi connectivity index (χ2n) is 1.82. The molecule has 0 heterocycles. The molecule has 0 unspecified atom stereocenters. The van der Waals surface area contributed by atoms with Crippen molar-refractivity contribution in [3.8, 4) is 0 Å². The molecule has 0 fully saturated rings.